The Morgan fingerprint density at radius 3 is 2.50 bits per heavy atom. The van der Waals surface area contributed by atoms with Crippen LogP contribution < -0.4 is 0 Å². The van der Waals surface area contributed by atoms with Crippen molar-refractivity contribution in [3.05, 3.63) is 35.9 Å². The zero-order chi connectivity index (χ0) is 10.4. The molecule has 3 nitrogen and oxygen atoms in total. The van der Waals surface area contributed by atoms with Gasteiger partial charge < -0.3 is 10.2 Å². The van der Waals surface area contributed by atoms with Gasteiger partial charge in [0.25, 0.3) is 0 Å². The summed E-state index contributed by atoms with van der Waals surface area (Å²) in [5, 5.41) is 17.6. The molecule has 0 heterocycles. The quantitative estimate of drug-likeness (QED) is 0.740. The van der Waals surface area contributed by atoms with Crippen LogP contribution in [0, 0.1) is 0 Å². The van der Waals surface area contributed by atoms with Crippen molar-refractivity contribution < 1.29 is 14.4 Å². The Kier molecular flexibility index (Phi) is 4.79. The van der Waals surface area contributed by atoms with Crippen molar-refractivity contribution in [3.63, 3.8) is 0 Å². The molecule has 1 aromatic rings. The summed E-state index contributed by atoms with van der Waals surface area (Å²) in [7, 11) is -1.11. The molecule has 0 amide bonds. The van der Waals surface area contributed by atoms with Gasteiger partial charge in [-0.25, -0.2) is 0 Å². The van der Waals surface area contributed by atoms with E-state index in [1.54, 1.807) is 0 Å². The predicted octanol–water partition coefficient (Wildman–Crippen LogP) is 0.289. The second kappa shape index (κ2) is 5.90. The first kappa shape index (κ1) is 11.4. The van der Waals surface area contributed by atoms with Crippen molar-refractivity contribution in [2.45, 2.75) is 11.9 Å². The van der Waals surface area contributed by atoms with E-state index < -0.39 is 16.9 Å². The minimum Gasteiger partial charge on any atom is -0.394 e. The molecule has 0 saturated carbocycles. The minimum absolute atomic E-state index is 0.130. The number of aliphatic hydroxyl groups excluding tert-OH is 2. The van der Waals surface area contributed by atoms with Crippen LogP contribution in [-0.4, -0.2) is 32.9 Å². The van der Waals surface area contributed by atoms with Crippen LogP contribution in [0.5, 0.6) is 0 Å². The molecule has 0 aliphatic carbocycles. The summed E-state index contributed by atoms with van der Waals surface area (Å²) in [4.78, 5) is 0. The Balaban J connectivity index is 2.42. The Bertz CT molecular complexity index is 287. The second-order valence-electron chi connectivity index (χ2n) is 3.07. The van der Waals surface area contributed by atoms with Gasteiger partial charge in [-0.1, -0.05) is 30.3 Å². The molecule has 78 valence electrons. The highest BCUT2D eigenvalue weighted by molar-refractivity contribution is 7.84. The first-order chi connectivity index (χ1) is 6.72. The molecule has 0 aliphatic heterocycles. The summed E-state index contributed by atoms with van der Waals surface area (Å²) in [5.74, 6) is 0.559. The molecule has 1 aromatic carbocycles. The average Bonchev–Trinajstić information content (AvgIpc) is 2.19. The number of benzene rings is 1. The third kappa shape index (κ3) is 4.00. The topological polar surface area (TPSA) is 57.5 Å². The Labute approximate surface area is 85.9 Å². The van der Waals surface area contributed by atoms with Crippen molar-refractivity contribution in [2.75, 3.05) is 12.4 Å². The van der Waals surface area contributed by atoms with Crippen molar-refractivity contribution in [2.24, 2.45) is 0 Å². The summed E-state index contributed by atoms with van der Waals surface area (Å²) in [6.45, 7) is -0.333. The molecule has 0 fully saturated rings. The Morgan fingerprint density at radius 2 is 1.93 bits per heavy atom. The number of hydrogen-bond donors (Lipinski definition) is 2. The van der Waals surface area contributed by atoms with E-state index in [0.29, 0.717) is 5.75 Å². The molecule has 14 heavy (non-hydrogen) atoms. The molecule has 0 radical (unpaired) electrons. The Hall–Kier alpha value is -0.710. The summed E-state index contributed by atoms with van der Waals surface area (Å²) >= 11 is 0. The molecular formula is C10H14O3S. The highest BCUT2D eigenvalue weighted by atomic mass is 32.2. The van der Waals surface area contributed by atoms with Crippen molar-refractivity contribution in [1.82, 2.24) is 0 Å². The van der Waals surface area contributed by atoms with Gasteiger partial charge in [0.1, 0.15) is 0 Å². The maximum absolute atomic E-state index is 11.4. The summed E-state index contributed by atoms with van der Waals surface area (Å²) < 4.78 is 11.4. The van der Waals surface area contributed by atoms with Gasteiger partial charge in [-0.3, -0.25) is 4.21 Å². The van der Waals surface area contributed by atoms with E-state index in [1.165, 1.54) is 0 Å². The molecule has 2 N–H and O–H groups in total. The lowest BCUT2D eigenvalue weighted by Crippen LogP contribution is -2.21. The van der Waals surface area contributed by atoms with Gasteiger partial charge in [0, 0.05) is 16.6 Å². The van der Waals surface area contributed by atoms with Gasteiger partial charge in [-0.15, -0.1) is 0 Å². The van der Waals surface area contributed by atoms with E-state index in [1.807, 2.05) is 30.3 Å². The molecular weight excluding hydrogens is 200 g/mol. The van der Waals surface area contributed by atoms with Crippen LogP contribution in [0.25, 0.3) is 0 Å². The SMILES string of the molecule is O=[S@](Cc1ccccc1)C[C@H](O)CO. The summed E-state index contributed by atoms with van der Waals surface area (Å²) in [6.07, 6.45) is -0.875. The Morgan fingerprint density at radius 1 is 1.29 bits per heavy atom. The van der Waals surface area contributed by atoms with Crippen LogP contribution in [0.1, 0.15) is 5.56 Å². The van der Waals surface area contributed by atoms with Crippen molar-refractivity contribution in [1.29, 1.82) is 0 Å². The smallest absolute Gasteiger partial charge is 0.0885 e. The van der Waals surface area contributed by atoms with Crippen LogP contribution in [0.4, 0.5) is 0 Å². The first-order valence-corrected chi connectivity index (χ1v) is 5.89. The van der Waals surface area contributed by atoms with Crippen LogP contribution in [0.15, 0.2) is 30.3 Å². The summed E-state index contributed by atoms with van der Waals surface area (Å²) in [5.41, 5.74) is 0.982. The zero-order valence-corrected chi connectivity index (χ0v) is 8.61. The van der Waals surface area contributed by atoms with E-state index >= 15 is 0 Å². The average molecular weight is 214 g/mol. The fourth-order valence-electron chi connectivity index (χ4n) is 1.09. The molecule has 4 heteroatoms. The zero-order valence-electron chi connectivity index (χ0n) is 7.80. The van der Waals surface area contributed by atoms with E-state index in [2.05, 4.69) is 0 Å². The third-order valence-electron chi connectivity index (χ3n) is 1.76. The standard InChI is InChI=1S/C10H14O3S/c11-6-10(12)8-14(13)7-9-4-2-1-3-5-9/h1-5,10-12H,6-8H2/t10-,14-/m1/s1. The molecule has 0 aliphatic rings. The normalized spacial score (nSPS) is 15.0. The fraction of sp³-hybridized carbons (Fsp3) is 0.400. The maximum Gasteiger partial charge on any atom is 0.0885 e. The van der Waals surface area contributed by atoms with E-state index in [9.17, 15) is 4.21 Å². The molecule has 0 saturated heterocycles. The van der Waals surface area contributed by atoms with Gasteiger partial charge in [0.15, 0.2) is 0 Å². The van der Waals surface area contributed by atoms with Gasteiger partial charge in [-0.05, 0) is 5.56 Å². The van der Waals surface area contributed by atoms with Crippen LogP contribution in [0.3, 0.4) is 0 Å². The van der Waals surface area contributed by atoms with Gasteiger partial charge in [-0.2, -0.15) is 0 Å². The summed E-state index contributed by atoms with van der Waals surface area (Å²) in [6, 6.07) is 9.45. The molecule has 2 atom stereocenters. The molecule has 0 unspecified atom stereocenters. The maximum atomic E-state index is 11.4. The van der Waals surface area contributed by atoms with Crippen LogP contribution in [0.2, 0.25) is 0 Å². The monoisotopic (exact) mass is 214 g/mol. The van der Waals surface area contributed by atoms with Gasteiger partial charge in [0.05, 0.1) is 18.5 Å². The van der Waals surface area contributed by atoms with E-state index in [-0.39, 0.29) is 12.4 Å². The van der Waals surface area contributed by atoms with Crippen LogP contribution >= 0.6 is 0 Å². The van der Waals surface area contributed by atoms with Crippen LogP contribution in [-0.2, 0) is 16.6 Å². The number of aliphatic hydroxyl groups is 2. The number of hydrogen-bond acceptors (Lipinski definition) is 3. The molecule has 0 bridgehead atoms. The highest BCUT2D eigenvalue weighted by Gasteiger charge is 2.08. The highest BCUT2D eigenvalue weighted by Crippen LogP contribution is 2.03. The lowest BCUT2D eigenvalue weighted by molar-refractivity contribution is 0.113. The molecule has 0 aromatic heterocycles. The lowest BCUT2D eigenvalue weighted by Gasteiger charge is -2.06. The van der Waals surface area contributed by atoms with Crippen molar-refractivity contribution >= 4 is 10.8 Å². The first-order valence-electron chi connectivity index (χ1n) is 4.40. The third-order valence-corrected chi connectivity index (χ3v) is 3.17. The van der Waals surface area contributed by atoms with E-state index in [4.69, 9.17) is 10.2 Å². The van der Waals surface area contributed by atoms with Gasteiger partial charge in [0.2, 0.25) is 0 Å². The molecule has 0 spiro atoms. The second-order valence-corrected chi connectivity index (χ2v) is 4.57. The predicted molar refractivity (Wildman–Crippen MR) is 56.2 cm³/mol. The number of rotatable bonds is 5. The minimum atomic E-state index is -1.11. The lowest BCUT2D eigenvalue weighted by atomic mass is 10.2. The van der Waals surface area contributed by atoms with Gasteiger partial charge >= 0.3 is 0 Å². The molecule has 1 rings (SSSR count). The van der Waals surface area contributed by atoms with Crippen molar-refractivity contribution in [3.8, 4) is 0 Å². The fourth-order valence-corrected chi connectivity index (χ4v) is 2.30. The largest absolute Gasteiger partial charge is 0.394 e. The van der Waals surface area contributed by atoms with E-state index in [0.717, 1.165) is 5.56 Å².